The lowest BCUT2D eigenvalue weighted by atomic mass is 10.00. The first kappa shape index (κ1) is 13.8. The van der Waals surface area contributed by atoms with E-state index in [1.165, 1.54) is 4.90 Å². The molecule has 0 saturated heterocycles. The van der Waals surface area contributed by atoms with Crippen LogP contribution in [-0.2, 0) is 0 Å². The van der Waals surface area contributed by atoms with Crippen LogP contribution in [0.15, 0.2) is 54.6 Å². The van der Waals surface area contributed by atoms with Gasteiger partial charge in [0.2, 0.25) is 0 Å². The minimum atomic E-state index is -1.02. The van der Waals surface area contributed by atoms with E-state index >= 15 is 0 Å². The average Bonchev–Trinajstić information content (AvgIpc) is 2.91. The molecule has 116 valence electrons. The van der Waals surface area contributed by atoms with Crippen LogP contribution in [0.1, 0.15) is 17.2 Å². The summed E-state index contributed by atoms with van der Waals surface area (Å²) in [5.74, 6) is 0.533. The van der Waals surface area contributed by atoms with Crippen molar-refractivity contribution >= 4 is 17.4 Å². The largest absolute Gasteiger partial charge is 0.482 e. The van der Waals surface area contributed by atoms with Gasteiger partial charge in [-0.1, -0.05) is 36.4 Å². The number of aliphatic hydroxyl groups excluding tert-OH is 1. The number of aliphatic hydroxyl groups is 1. The van der Waals surface area contributed by atoms with Gasteiger partial charge in [0, 0.05) is 5.57 Å². The summed E-state index contributed by atoms with van der Waals surface area (Å²) in [5, 5.41) is 19.7. The maximum Gasteiger partial charge on any atom is 0.412 e. The third-order valence-corrected chi connectivity index (χ3v) is 4.28. The van der Waals surface area contributed by atoms with Gasteiger partial charge in [-0.2, -0.15) is 0 Å². The normalized spacial score (nSPS) is 22.0. The predicted molar refractivity (Wildman–Crippen MR) is 85.6 cm³/mol. The van der Waals surface area contributed by atoms with Gasteiger partial charge in [0.1, 0.15) is 11.9 Å². The van der Waals surface area contributed by atoms with Crippen LogP contribution in [0.3, 0.4) is 0 Å². The fraction of sp³-hybridized carbons (Fsp3) is 0.167. The molecule has 0 spiro atoms. The summed E-state index contributed by atoms with van der Waals surface area (Å²) in [7, 11) is 0. The molecular weight excluding hydrogens is 294 g/mol. The van der Waals surface area contributed by atoms with Crippen molar-refractivity contribution in [1.29, 1.82) is 0 Å². The summed E-state index contributed by atoms with van der Waals surface area (Å²) in [6, 6.07) is 14.7. The Morgan fingerprint density at radius 2 is 1.87 bits per heavy atom. The van der Waals surface area contributed by atoms with E-state index in [0.29, 0.717) is 11.4 Å². The Bertz CT molecular complexity index is 814. The number of fused-ring (bicyclic) bond motifs is 2. The van der Waals surface area contributed by atoms with Crippen LogP contribution < -0.4 is 9.64 Å². The first-order valence-corrected chi connectivity index (χ1v) is 7.40. The lowest BCUT2D eigenvalue weighted by Crippen LogP contribution is -2.43. The molecule has 2 aromatic carbocycles. The molecular formula is C18H15NO4. The second-order valence-electron chi connectivity index (χ2n) is 5.62. The zero-order valence-corrected chi connectivity index (χ0v) is 12.2. The Balaban J connectivity index is 1.75. The van der Waals surface area contributed by atoms with Crippen molar-refractivity contribution in [2.75, 3.05) is 11.4 Å². The standard InChI is InChI=1S/C18H15NO4/c20-15-9-13(11-5-1-2-6-12(11)15)17-10-19(18(21)22)14-7-3-4-8-16(14)23-17/h1-9,15,17,20H,10H2,(H,21,22). The fourth-order valence-corrected chi connectivity index (χ4v) is 3.23. The topological polar surface area (TPSA) is 70.0 Å². The minimum absolute atomic E-state index is 0.194. The third kappa shape index (κ3) is 2.17. The highest BCUT2D eigenvalue weighted by molar-refractivity contribution is 5.90. The van der Waals surface area contributed by atoms with E-state index in [2.05, 4.69) is 0 Å². The number of rotatable bonds is 1. The second-order valence-corrected chi connectivity index (χ2v) is 5.62. The van der Waals surface area contributed by atoms with Crippen LogP contribution in [-0.4, -0.2) is 29.0 Å². The average molecular weight is 309 g/mol. The number of carbonyl (C=O) groups is 1. The Kier molecular flexibility index (Phi) is 3.09. The first-order valence-electron chi connectivity index (χ1n) is 7.40. The number of hydrogen-bond acceptors (Lipinski definition) is 3. The lowest BCUT2D eigenvalue weighted by Gasteiger charge is -2.34. The highest BCUT2D eigenvalue weighted by atomic mass is 16.5. The molecule has 2 unspecified atom stereocenters. The molecule has 1 amide bonds. The van der Waals surface area contributed by atoms with Gasteiger partial charge < -0.3 is 14.9 Å². The van der Waals surface area contributed by atoms with Crippen molar-refractivity contribution in [3.05, 3.63) is 65.7 Å². The smallest absolute Gasteiger partial charge is 0.412 e. The molecule has 1 aliphatic heterocycles. The minimum Gasteiger partial charge on any atom is -0.482 e. The van der Waals surface area contributed by atoms with Crippen LogP contribution in [0.4, 0.5) is 10.5 Å². The van der Waals surface area contributed by atoms with Crippen LogP contribution in [0, 0.1) is 0 Å². The van der Waals surface area contributed by atoms with Gasteiger partial charge in [-0.15, -0.1) is 0 Å². The molecule has 23 heavy (non-hydrogen) atoms. The van der Waals surface area contributed by atoms with E-state index in [0.717, 1.165) is 16.7 Å². The molecule has 4 rings (SSSR count). The van der Waals surface area contributed by atoms with Gasteiger partial charge in [0.25, 0.3) is 0 Å². The molecule has 2 aliphatic rings. The lowest BCUT2D eigenvalue weighted by molar-refractivity contribution is 0.190. The van der Waals surface area contributed by atoms with Crippen molar-refractivity contribution < 1.29 is 19.7 Å². The highest BCUT2D eigenvalue weighted by Crippen LogP contribution is 2.41. The number of amides is 1. The number of anilines is 1. The van der Waals surface area contributed by atoms with Gasteiger partial charge in [-0.05, 0) is 29.3 Å². The van der Waals surface area contributed by atoms with E-state index < -0.39 is 18.3 Å². The zero-order chi connectivity index (χ0) is 16.0. The Morgan fingerprint density at radius 3 is 2.70 bits per heavy atom. The highest BCUT2D eigenvalue weighted by Gasteiger charge is 2.35. The predicted octanol–water partition coefficient (Wildman–Crippen LogP) is 3.06. The van der Waals surface area contributed by atoms with Crippen molar-refractivity contribution in [2.45, 2.75) is 12.2 Å². The molecule has 0 saturated carbocycles. The molecule has 2 aromatic rings. The molecule has 1 aliphatic carbocycles. The third-order valence-electron chi connectivity index (χ3n) is 4.28. The number of hydrogen-bond donors (Lipinski definition) is 2. The maximum absolute atomic E-state index is 11.6. The zero-order valence-electron chi connectivity index (χ0n) is 12.2. The van der Waals surface area contributed by atoms with Gasteiger partial charge in [0.15, 0.2) is 0 Å². The van der Waals surface area contributed by atoms with Crippen molar-refractivity contribution in [3.63, 3.8) is 0 Å². The summed E-state index contributed by atoms with van der Waals surface area (Å²) < 4.78 is 6.02. The molecule has 1 heterocycles. The van der Waals surface area contributed by atoms with Crippen LogP contribution in [0.2, 0.25) is 0 Å². The monoisotopic (exact) mass is 309 g/mol. The molecule has 5 nitrogen and oxygen atoms in total. The molecule has 0 aromatic heterocycles. The fourth-order valence-electron chi connectivity index (χ4n) is 3.23. The molecule has 2 atom stereocenters. The molecule has 0 fully saturated rings. The summed E-state index contributed by atoms with van der Waals surface area (Å²) in [5.41, 5.74) is 3.11. The van der Waals surface area contributed by atoms with Crippen molar-refractivity contribution in [2.24, 2.45) is 0 Å². The van der Waals surface area contributed by atoms with Crippen LogP contribution in [0.5, 0.6) is 5.75 Å². The van der Waals surface area contributed by atoms with Crippen molar-refractivity contribution in [3.8, 4) is 5.75 Å². The molecule has 5 heteroatoms. The molecule has 2 N–H and O–H groups in total. The summed E-state index contributed by atoms with van der Waals surface area (Å²) >= 11 is 0. The number of ether oxygens (including phenoxy) is 1. The van der Waals surface area contributed by atoms with Crippen molar-refractivity contribution in [1.82, 2.24) is 0 Å². The molecule has 0 radical (unpaired) electrons. The Labute approximate surface area is 133 Å². The number of nitrogens with zero attached hydrogens (tertiary/aromatic N) is 1. The summed E-state index contributed by atoms with van der Waals surface area (Å²) in [4.78, 5) is 12.9. The van der Waals surface area contributed by atoms with Gasteiger partial charge >= 0.3 is 6.09 Å². The first-order chi connectivity index (χ1) is 11.1. The summed E-state index contributed by atoms with van der Waals surface area (Å²) in [6.45, 7) is 0.194. The quantitative estimate of drug-likeness (QED) is 0.849. The van der Waals surface area contributed by atoms with E-state index in [9.17, 15) is 15.0 Å². The van der Waals surface area contributed by atoms with Gasteiger partial charge in [0.05, 0.1) is 18.3 Å². The van der Waals surface area contributed by atoms with Gasteiger partial charge in [-0.3, -0.25) is 4.90 Å². The maximum atomic E-state index is 11.6. The number of benzene rings is 2. The number of para-hydroxylation sites is 2. The number of carboxylic acid groups (broad SMARTS) is 1. The van der Waals surface area contributed by atoms with Gasteiger partial charge in [-0.25, -0.2) is 4.79 Å². The second kappa shape index (κ2) is 5.14. The van der Waals surface area contributed by atoms with Crippen LogP contribution in [0.25, 0.3) is 5.57 Å². The summed E-state index contributed by atoms with van der Waals surface area (Å²) in [6.07, 6.45) is -0.402. The Morgan fingerprint density at radius 1 is 1.13 bits per heavy atom. The van der Waals surface area contributed by atoms with E-state index in [-0.39, 0.29) is 6.54 Å². The molecule has 0 bridgehead atoms. The SMILES string of the molecule is O=C(O)N1CC(C2=CC(O)c3ccccc32)Oc2ccccc21. The van der Waals surface area contributed by atoms with Crippen LogP contribution >= 0.6 is 0 Å². The van der Waals surface area contributed by atoms with E-state index in [1.54, 1.807) is 24.3 Å². The van der Waals surface area contributed by atoms with E-state index in [4.69, 9.17) is 4.74 Å². The Hall–Kier alpha value is -2.79. The van der Waals surface area contributed by atoms with E-state index in [1.807, 2.05) is 30.3 Å².